The van der Waals surface area contributed by atoms with Crippen molar-refractivity contribution in [3.05, 3.63) is 33.8 Å². The zero-order chi connectivity index (χ0) is 14.6. The molecule has 19 heavy (non-hydrogen) atoms. The molecule has 0 atom stereocenters. The quantitative estimate of drug-likeness (QED) is 0.815. The molecule has 0 aliphatic heterocycles. The lowest BCUT2D eigenvalue weighted by Gasteiger charge is -2.09. The molecule has 0 bridgehead atoms. The Morgan fingerprint density at radius 3 is 2.32 bits per heavy atom. The van der Waals surface area contributed by atoms with Crippen molar-refractivity contribution >= 4 is 45.3 Å². The van der Waals surface area contributed by atoms with Crippen molar-refractivity contribution in [2.45, 2.75) is 11.8 Å². The summed E-state index contributed by atoms with van der Waals surface area (Å²) in [7, 11) is -3.77. The molecule has 0 aromatic heterocycles. The summed E-state index contributed by atoms with van der Waals surface area (Å²) in [5.74, 6) is -1.13. The number of sulfonamides is 1. The zero-order valence-electron chi connectivity index (χ0n) is 9.85. The lowest BCUT2D eigenvalue weighted by atomic mass is 10.2. The number of hydrogen-bond donors (Lipinski definition) is 2. The average Bonchev–Trinajstić information content (AvgIpc) is 2.24. The Bertz CT molecular complexity index is 603. The van der Waals surface area contributed by atoms with Crippen LogP contribution in [0, 0.1) is 0 Å². The minimum absolute atomic E-state index is 0.0708. The van der Waals surface area contributed by atoms with Crippen molar-refractivity contribution in [2.24, 2.45) is 0 Å². The van der Waals surface area contributed by atoms with Gasteiger partial charge >= 0.3 is 5.97 Å². The van der Waals surface area contributed by atoms with Crippen molar-refractivity contribution in [3.8, 4) is 0 Å². The van der Waals surface area contributed by atoms with Crippen LogP contribution in [0.3, 0.4) is 0 Å². The standard InChI is InChI=1S/C11H11Cl2NO4S/c1-2-14-19(17,18)11-8(12)5-7(6-9(11)13)3-4-10(15)16/h3-6,14H,2H2,1H3,(H,15,16)/b4-3+. The zero-order valence-corrected chi connectivity index (χ0v) is 12.2. The second-order valence-electron chi connectivity index (χ2n) is 3.49. The first kappa shape index (κ1) is 16.0. The molecule has 0 amide bonds. The van der Waals surface area contributed by atoms with E-state index in [1.807, 2.05) is 0 Å². The smallest absolute Gasteiger partial charge is 0.328 e. The predicted octanol–water partition coefficient (Wildman–Crippen LogP) is 2.39. The lowest BCUT2D eigenvalue weighted by molar-refractivity contribution is -0.131. The van der Waals surface area contributed by atoms with Gasteiger partial charge in [0, 0.05) is 12.6 Å². The van der Waals surface area contributed by atoms with E-state index < -0.39 is 16.0 Å². The highest BCUT2D eigenvalue weighted by atomic mass is 35.5. The second-order valence-corrected chi connectivity index (χ2v) is 6.00. The molecule has 5 nitrogen and oxygen atoms in total. The van der Waals surface area contributed by atoms with Gasteiger partial charge in [-0.1, -0.05) is 30.1 Å². The third kappa shape index (κ3) is 4.21. The third-order valence-corrected chi connectivity index (χ3v) is 4.51. The first-order valence-electron chi connectivity index (χ1n) is 5.17. The molecule has 1 aromatic carbocycles. The van der Waals surface area contributed by atoms with E-state index in [4.69, 9.17) is 28.3 Å². The molecule has 0 saturated heterocycles. The van der Waals surface area contributed by atoms with Crippen LogP contribution in [0.5, 0.6) is 0 Å². The molecular formula is C11H11Cl2NO4S. The van der Waals surface area contributed by atoms with Crippen LogP contribution in [0.2, 0.25) is 10.0 Å². The van der Waals surface area contributed by atoms with Gasteiger partial charge in [0.2, 0.25) is 10.0 Å². The normalized spacial score (nSPS) is 11.9. The van der Waals surface area contributed by atoms with Gasteiger partial charge in [-0.15, -0.1) is 0 Å². The fourth-order valence-electron chi connectivity index (χ4n) is 1.36. The molecule has 1 aromatic rings. The molecule has 0 aliphatic carbocycles. The number of carbonyl (C=O) groups is 1. The summed E-state index contributed by atoms with van der Waals surface area (Å²) in [6, 6.07) is 2.66. The van der Waals surface area contributed by atoms with Gasteiger partial charge in [0.25, 0.3) is 0 Å². The van der Waals surface area contributed by atoms with Gasteiger partial charge in [0.1, 0.15) is 4.90 Å². The summed E-state index contributed by atoms with van der Waals surface area (Å²) in [6.07, 6.45) is 2.17. The van der Waals surface area contributed by atoms with Crippen LogP contribution < -0.4 is 4.72 Å². The van der Waals surface area contributed by atoms with Crippen LogP contribution in [0.1, 0.15) is 12.5 Å². The van der Waals surface area contributed by atoms with Gasteiger partial charge in [-0.3, -0.25) is 0 Å². The van der Waals surface area contributed by atoms with E-state index in [2.05, 4.69) is 4.72 Å². The van der Waals surface area contributed by atoms with Crippen molar-refractivity contribution in [1.29, 1.82) is 0 Å². The molecule has 0 fully saturated rings. The Kier molecular flexibility index (Phi) is 5.37. The summed E-state index contributed by atoms with van der Waals surface area (Å²) in [5, 5.41) is 8.37. The Morgan fingerprint density at radius 2 is 1.89 bits per heavy atom. The number of rotatable bonds is 5. The monoisotopic (exact) mass is 323 g/mol. The molecular weight excluding hydrogens is 313 g/mol. The Balaban J connectivity index is 3.30. The van der Waals surface area contributed by atoms with Crippen LogP contribution in [0.25, 0.3) is 6.08 Å². The molecule has 0 aliphatic rings. The third-order valence-electron chi connectivity index (χ3n) is 2.04. The Morgan fingerprint density at radius 1 is 1.37 bits per heavy atom. The van der Waals surface area contributed by atoms with Crippen molar-refractivity contribution in [2.75, 3.05) is 6.54 Å². The maximum atomic E-state index is 11.9. The van der Waals surface area contributed by atoms with Crippen LogP contribution in [-0.4, -0.2) is 26.0 Å². The van der Waals surface area contributed by atoms with Crippen LogP contribution >= 0.6 is 23.2 Å². The highest BCUT2D eigenvalue weighted by Crippen LogP contribution is 2.31. The summed E-state index contributed by atoms with van der Waals surface area (Å²) in [6.45, 7) is 1.83. The average molecular weight is 324 g/mol. The maximum Gasteiger partial charge on any atom is 0.328 e. The van der Waals surface area contributed by atoms with E-state index in [-0.39, 0.29) is 21.5 Å². The topological polar surface area (TPSA) is 83.5 Å². The van der Waals surface area contributed by atoms with Crippen LogP contribution in [-0.2, 0) is 14.8 Å². The molecule has 1 rings (SSSR count). The number of nitrogens with one attached hydrogen (secondary N) is 1. The van der Waals surface area contributed by atoms with Crippen molar-refractivity contribution in [3.63, 3.8) is 0 Å². The SMILES string of the molecule is CCNS(=O)(=O)c1c(Cl)cc(/C=C/C(=O)O)cc1Cl. The minimum atomic E-state index is -3.77. The van der Waals surface area contributed by atoms with E-state index in [0.29, 0.717) is 5.56 Å². The molecule has 0 spiro atoms. The molecule has 2 N–H and O–H groups in total. The van der Waals surface area contributed by atoms with Crippen LogP contribution in [0.15, 0.2) is 23.1 Å². The number of hydrogen-bond acceptors (Lipinski definition) is 3. The van der Waals surface area contributed by atoms with Crippen molar-refractivity contribution < 1.29 is 18.3 Å². The highest BCUT2D eigenvalue weighted by Gasteiger charge is 2.21. The van der Waals surface area contributed by atoms with Gasteiger partial charge in [0.05, 0.1) is 10.0 Å². The number of aliphatic carboxylic acids is 1. The van der Waals surface area contributed by atoms with Gasteiger partial charge in [0.15, 0.2) is 0 Å². The number of carboxylic acid groups (broad SMARTS) is 1. The first-order valence-corrected chi connectivity index (χ1v) is 7.41. The molecule has 104 valence electrons. The summed E-state index contributed by atoms with van der Waals surface area (Å²) >= 11 is 11.8. The highest BCUT2D eigenvalue weighted by molar-refractivity contribution is 7.89. The van der Waals surface area contributed by atoms with E-state index >= 15 is 0 Å². The van der Waals surface area contributed by atoms with Crippen molar-refractivity contribution in [1.82, 2.24) is 4.72 Å². The summed E-state index contributed by atoms with van der Waals surface area (Å²) < 4.78 is 26.0. The Labute approximate surface area is 120 Å². The van der Waals surface area contributed by atoms with Gasteiger partial charge in [-0.05, 0) is 23.8 Å². The summed E-state index contributed by atoms with van der Waals surface area (Å²) in [5.41, 5.74) is 0.396. The number of carboxylic acids is 1. The first-order chi connectivity index (χ1) is 8.77. The van der Waals surface area contributed by atoms with E-state index in [9.17, 15) is 13.2 Å². The lowest BCUT2D eigenvalue weighted by Crippen LogP contribution is -2.23. The number of halogens is 2. The van der Waals surface area contributed by atoms with Gasteiger partial charge < -0.3 is 5.11 Å². The fraction of sp³-hybridized carbons (Fsp3) is 0.182. The minimum Gasteiger partial charge on any atom is -0.478 e. The predicted molar refractivity (Wildman–Crippen MR) is 74.0 cm³/mol. The number of benzene rings is 1. The molecule has 8 heteroatoms. The molecule has 0 saturated carbocycles. The molecule has 0 radical (unpaired) electrons. The maximum absolute atomic E-state index is 11.9. The van der Waals surface area contributed by atoms with Crippen LogP contribution in [0.4, 0.5) is 0 Å². The van der Waals surface area contributed by atoms with E-state index in [1.165, 1.54) is 18.2 Å². The fourth-order valence-corrected chi connectivity index (χ4v) is 3.63. The largest absolute Gasteiger partial charge is 0.478 e. The molecule has 0 unspecified atom stereocenters. The van der Waals surface area contributed by atoms with E-state index in [0.717, 1.165) is 6.08 Å². The Hall–Kier alpha value is -1.08. The van der Waals surface area contributed by atoms with E-state index in [1.54, 1.807) is 6.92 Å². The second kappa shape index (κ2) is 6.38. The summed E-state index contributed by atoms with van der Waals surface area (Å²) in [4.78, 5) is 10.2. The van der Waals surface area contributed by atoms with Gasteiger partial charge in [-0.25, -0.2) is 17.9 Å². The molecule has 0 heterocycles. The van der Waals surface area contributed by atoms with Gasteiger partial charge in [-0.2, -0.15) is 0 Å².